The molecule has 0 amide bonds. The fraction of sp³-hybridized carbons (Fsp3) is 0.444. The van der Waals surface area contributed by atoms with E-state index in [-0.39, 0.29) is 0 Å². The highest BCUT2D eigenvalue weighted by Gasteiger charge is 1.99. The first-order valence-corrected chi connectivity index (χ1v) is 3.90. The Hall–Kier alpha value is -0.890. The number of aromatic nitrogens is 1. The molecule has 0 unspecified atom stereocenters. The molecule has 0 bridgehead atoms. The second kappa shape index (κ2) is 3.49. The highest BCUT2D eigenvalue weighted by molar-refractivity contribution is 5.13. The maximum atomic E-state index is 5.46. The van der Waals surface area contributed by atoms with Crippen LogP contribution in [0.25, 0.3) is 0 Å². The Morgan fingerprint density at radius 3 is 2.73 bits per heavy atom. The molecule has 2 nitrogen and oxygen atoms in total. The Balaban J connectivity index is 2.91. The van der Waals surface area contributed by atoms with Crippen LogP contribution in [0.5, 0.6) is 0 Å². The van der Waals surface area contributed by atoms with Crippen LogP contribution in [-0.2, 0) is 6.54 Å². The highest BCUT2D eigenvalue weighted by atomic mass is 14.7. The Morgan fingerprint density at radius 1 is 1.45 bits per heavy atom. The van der Waals surface area contributed by atoms with Gasteiger partial charge in [-0.2, -0.15) is 0 Å². The van der Waals surface area contributed by atoms with Crippen molar-refractivity contribution in [2.45, 2.75) is 26.3 Å². The van der Waals surface area contributed by atoms with Crippen LogP contribution in [0.4, 0.5) is 0 Å². The standard InChI is InChI=1S/C9H14N2/c1-7(2)9-5-3-4-8(6-10)11-9/h3-5,7H,6,10H2,1-2H3. The van der Waals surface area contributed by atoms with Crippen LogP contribution in [-0.4, -0.2) is 4.98 Å². The molecule has 0 aliphatic heterocycles. The van der Waals surface area contributed by atoms with Crippen molar-refractivity contribution in [2.75, 3.05) is 0 Å². The minimum Gasteiger partial charge on any atom is -0.325 e. The molecule has 0 atom stereocenters. The van der Waals surface area contributed by atoms with Crippen molar-refractivity contribution < 1.29 is 0 Å². The molecule has 1 aromatic heterocycles. The second-order valence-corrected chi connectivity index (χ2v) is 2.91. The van der Waals surface area contributed by atoms with Gasteiger partial charge in [0.25, 0.3) is 0 Å². The maximum absolute atomic E-state index is 5.46. The fourth-order valence-corrected chi connectivity index (χ4v) is 0.933. The molecule has 1 aromatic rings. The molecule has 1 heterocycles. The predicted octanol–water partition coefficient (Wildman–Crippen LogP) is 1.66. The van der Waals surface area contributed by atoms with Gasteiger partial charge in [-0.05, 0) is 18.1 Å². The van der Waals surface area contributed by atoms with Crippen molar-refractivity contribution in [1.29, 1.82) is 0 Å². The Bertz CT molecular complexity index is 231. The zero-order valence-corrected chi connectivity index (χ0v) is 7.04. The molecule has 2 heteroatoms. The molecular formula is C9H14N2. The summed E-state index contributed by atoms with van der Waals surface area (Å²) in [4.78, 5) is 4.37. The van der Waals surface area contributed by atoms with E-state index in [1.807, 2.05) is 18.2 Å². The van der Waals surface area contributed by atoms with Crippen LogP contribution in [0.15, 0.2) is 18.2 Å². The summed E-state index contributed by atoms with van der Waals surface area (Å²) in [5.74, 6) is 0.487. The van der Waals surface area contributed by atoms with Gasteiger partial charge in [-0.25, -0.2) is 0 Å². The van der Waals surface area contributed by atoms with E-state index in [9.17, 15) is 0 Å². The van der Waals surface area contributed by atoms with Crippen LogP contribution >= 0.6 is 0 Å². The van der Waals surface area contributed by atoms with Crippen molar-refractivity contribution >= 4 is 0 Å². The highest BCUT2D eigenvalue weighted by Crippen LogP contribution is 2.10. The van der Waals surface area contributed by atoms with E-state index in [1.165, 1.54) is 0 Å². The lowest BCUT2D eigenvalue weighted by molar-refractivity contribution is 0.803. The molecular weight excluding hydrogens is 136 g/mol. The first-order chi connectivity index (χ1) is 5.24. The zero-order valence-electron chi connectivity index (χ0n) is 7.04. The molecule has 0 aliphatic rings. The molecule has 60 valence electrons. The van der Waals surface area contributed by atoms with Gasteiger partial charge in [0.1, 0.15) is 0 Å². The van der Waals surface area contributed by atoms with Gasteiger partial charge in [0.2, 0.25) is 0 Å². The van der Waals surface area contributed by atoms with Crippen LogP contribution < -0.4 is 5.73 Å². The molecule has 11 heavy (non-hydrogen) atoms. The van der Waals surface area contributed by atoms with Gasteiger partial charge in [-0.15, -0.1) is 0 Å². The lowest BCUT2D eigenvalue weighted by Crippen LogP contribution is -2.02. The topological polar surface area (TPSA) is 38.9 Å². The normalized spacial score (nSPS) is 10.5. The first kappa shape index (κ1) is 8.21. The number of rotatable bonds is 2. The number of nitrogens with zero attached hydrogens (tertiary/aromatic N) is 1. The molecule has 2 N–H and O–H groups in total. The molecule has 0 aromatic carbocycles. The van der Waals surface area contributed by atoms with Crippen molar-refractivity contribution in [3.63, 3.8) is 0 Å². The third kappa shape index (κ3) is 2.02. The van der Waals surface area contributed by atoms with Crippen molar-refractivity contribution in [2.24, 2.45) is 5.73 Å². The van der Waals surface area contributed by atoms with Gasteiger partial charge >= 0.3 is 0 Å². The minimum absolute atomic E-state index is 0.487. The van der Waals surface area contributed by atoms with Gasteiger partial charge in [0.05, 0.1) is 5.69 Å². The van der Waals surface area contributed by atoms with Gasteiger partial charge in [0, 0.05) is 12.2 Å². The molecule has 0 aliphatic carbocycles. The predicted molar refractivity (Wildman–Crippen MR) is 46.2 cm³/mol. The third-order valence-corrected chi connectivity index (χ3v) is 1.63. The van der Waals surface area contributed by atoms with Crippen LogP contribution in [0, 0.1) is 0 Å². The number of pyridine rings is 1. The molecule has 1 rings (SSSR count). The molecule has 0 spiro atoms. The molecule has 0 saturated heterocycles. The van der Waals surface area contributed by atoms with Crippen LogP contribution in [0.1, 0.15) is 31.2 Å². The van der Waals surface area contributed by atoms with E-state index in [2.05, 4.69) is 18.8 Å². The van der Waals surface area contributed by atoms with E-state index in [4.69, 9.17) is 5.73 Å². The third-order valence-electron chi connectivity index (χ3n) is 1.63. The lowest BCUT2D eigenvalue weighted by atomic mass is 10.1. The summed E-state index contributed by atoms with van der Waals surface area (Å²) in [5, 5.41) is 0. The van der Waals surface area contributed by atoms with E-state index in [0.717, 1.165) is 11.4 Å². The largest absolute Gasteiger partial charge is 0.325 e. The van der Waals surface area contributed by atoms with E-state index in [0.29, 0.717) is 12.5 Å². The Kier molecular flexibility index (Phi) is 2.60. The summed E-state index contributed by atoms with van der Waals surface area (Å²) < 4.78 is 0. The molecule has 0 saturated carbocycles. The van der Waals surface area contributed by atoms with Crippen molar-refractivity contribution in [3.05, 3.63) is 29.6 Å². The van der Waals surface area contributed by atoms with E-state index >= 15 is 0 Å². The average molecular weight is 150 g/mol. The summed E-state index contributed by atoms with van der Waals surface area (Å²) in [5.41, 5.74) is 7.54. The summed E-state index contributed by atoms with van der Waals surface area (Å²) in [6.45, 7) is 4.78. The van der Waals surface area contributed by atoms with Gasteiger partial charge in [-0.3, -0.25) is 4.98 Å². The quantitative estimate of drug-likeness (QED) is 0.696. The van der Waals surface area contributed by atoms with Gasteiger partial charge < -0.3 is 5.73 Å². The first-order valence-electron chi connectivity index (χ1n) is 3.90. The number of hydrogen-bond acceptors (Lipinski definition) is 2. The van der Waals surface area contributed by atoms with Crippen LogP contribution in [0.2, 0.25) is 0 Å². The molecule has 0 fully saturated rings. The summed E-state index contributed by atoms with van der Waals surface area (Å²) >= 11 is 0. The lowest BCUT2D eigenvalue weighted by Gasteiger charge is -2.04. The monoisotopic (exact) mass is 150 g/mol. The van der Waals surface area contributed by atoms with E-state index in [1.54, 1.807) is 0 Å². The number of nitrogens with two attached hydrogens (primary N) is 1. The van der Waals surface area contributed by atoms with Gasteiger partial charge in [0.15, 0.2) is 0 Å². The smallest absolute Gasteiger partial charge is 0.0542 e. The maximum Gasteiger partial charge on any atom is 0.0542 e. The minimum atomic E-state index is 0.487. The van der Waals surface area contributed by atoms with Gasteiger partial charge in [-0.1, -0.05) is 19.9 Å². The summed E-state index contributed by atoms with van der Waals surface area (Å²) in [7, 11) is 0. The number of hydrogen-bond donors (Lipinski definition) is 1. The second-order valence-electron chi connectivity index (χ2n) is 2.91. The van der Waals surface area contributed by atoms with E-state index < -0.39 is 0 Å². The van der Waals surface area contributed by atoms with Crippen LogP contribution in [0.3, 0.4) is 0 Å². The van der Waals surface area contributed by atoms with Crippen molar-refractivity contribution in [3.8, 4) is 0 Å². The summed E-state index contributed by atoms with van der Waals surface area (Å²) in [6, 6.07) is 5.99. The Labute approximate surface area is 67.5 Å². The average Bonchev–Trinajstić information content (AvgIpc) is 2.05. The fourth-order valence-electron chi connectivity index (χ4n) is 0.933. The summed E-state index contributed by atoms with van der Waals surface area (Å²) in [6.07, 6.45) is 0. The zero-order chi connectivity index (χ0) is 8.27. The molecule has 0 radical (unpaired) electrons. The SMILES string of the molecule is CC(C)c1cccc(CN)n1. The Morgan fingerprint density at radius 2 is 2.18 bits per heavy atom. The van der Waals surface area contributed by atoms with Crippen molar-refractivity contribution in [1.82, 2.24) is 4.98 Å².